The number of hydrogen-bond acceptors (Lipinski definition) is 9. The minimum atomic E-state index is -4.22. The number of carbonyl (C=O) groups is 2. The van der Waals surface area contributed by atoms with Gasteiger partial charge in [-0.15, -0.1) is 0 Å². The zero-order valence-electron chi connectivity index (χ0n) is 18.9. The molecule has 12 heteroatoms. The summed E-state index contributed by atoms with van der Waals surface area (Å²) < 4.78 is 28.2. The Kier molecular flexibility index (Phi) is 7.85. The van der Waals surface area contributed by atoms with Crippen molar-refractivity contribution in [3.8, 4) is 23.7 Å². The second-order valence-corrected chi connectivity index (χ2v) is 10.6. The monoisotopic (exact) mass is 488 g/mol. The van der Waals surface area contributed by atoms with Gasteiger partial charge in [0.05, 0.1) is 29.3 Å². The van der Waals surface area contributed by atoms with Gasteiger partial charge in [-0.3, -0.25) is 24.2 Å². The molecule has 1 aromatic carbocycles. The van der Waals surface area contributed by atoms with Crippen molar-refractivity contribution in [1.29, 1.82) is 0 Å². The van der Waals surface area contributed by atoms with Gasteiger partial charge in [0.25, 0.3) is 17.9 Å². The summed E-state index contributed by atoms with van der Waals surface area (Å²) in [5.74, 6) is 9.59. The molecule has 4 N–H and O–H groups in total. The molecule has 0 saturated carbocycles. The average molecular weight is 489 g/mol. The van der Waals surface area contributed by atoms with Gasteiger partial charge < -0.3 is 10.5 Å². The van der Waals surface area contributed by atoms with E-state index in [0.29, 0.717) is 11.1 Å². The molecule has 0 spiro atoms. The van der Waals surface area contributed by atoms with Crippen LogP contribution in [0.5, 0.6) is 0 Å². The van der Waals surface area contributed by atoms with Crippen molar-refractivity contribution in [2.45, 2.75) is 43.7 Å². The summed E-state index contributed by atoms with van der Waals surface area (Å²) in [7, 11) is -4.22. The minimum Gasteiger partial charge on any atom is -0.460 e. The topological polar surface area (TPSA) is 171 Å². The summed E-state index contributed by atoms with van der Waals surface area (Å²) >= 11 is 0. The van der Waals surface area contributed by atoms with E-state index >= 15 is 0 Å². The molecular weight excluding hydrogens is 464 g/mol. The highest BCUT2D eigenvalue weighted by Crippen LogP contribution is 2.25. The molecule has 2 rings (SSSR count). The zero-order chi connectivity index (χ0) is 25.7. The lowest BCUT2D eigenvalue weighted by Gasteiger charge is -2.32. The van der Waals surface area contributed by atoms with Gasteiger partial charge in [0.2, 0.25) is 0 Å². The average Bonchev–Trinajstić information content (AvgIpc) is 2.75. The van der Waals surface area contributed by atoms with E-state index < -0.39 is 44.2 Å². The Labute approximate surface area is 196 Å². The highest BCUT2D eigenvalue weighted by Gasteiger charge is 2.52. The predicted octanol–water partition coefficient (Wildman–Crippen LogP) is -0.661. The fourth-order valence-corrected chi connectivity index (χ4v) is 3.91. The number of sulfone groups is 1. The Balaban J connectivity index is 2.49. The van der Waals surface area contributed by atoms with E-state index in [9.17, 15) is 22.8 Å². The van der Waals surface area contributed by atoms with Crippen LogP contribution in [0.1, 0.15) is 26.3 Å². The van der Waals surface area contributed by atoms with Crippen LogP contribution in [0.2, 0.25) is 0 Å². The van der Waals surface area contributed by atoms with Gasteiger partial charge in [0, 0.05) is 11.8 Å². The molecule has 180 valence electrons. The molecule has 0 bridgehead atoms. The molecule has 0 aliphatic carbocycles. The SMILES string of the molecule is CC(C)(N)C#CC#Cc1ccc2c(=O)n(CC(OC=O)[C@](C)(C(=O)NO)S(C)(=O)=O)cnc2c1. The third-order valence-electron chi connectivity index (χ3n) is 5.00. The molecule has 1 aromatic heterocycles. The zero-order valence-corrected chi connectivity index (χ0v) is 19.8. The number of nitrogens with one attached hydrogen (secondary N) is 1. The lowest BCUT2D eigenvalue weighted by atomic mass is 10.0. The number of amides is 1. The number of ether oxygens (including phenoxy) is 1. The van der Waals surface area contributed by atoms with Crippen LogP contribution in [-0.2, 0) is 30.7 Å². The maximum atomic E-state index is 13.0. The standard InChI is InChI=1S/C22H24N4O7S/c1-21(2,23)10-6-5-7-15-8-9-16-17(11-15)24-13-26(19(16)28)12-18(33-14-27)22(3,20(29)25-30)34(4,31)32/h8-9,11,13-14,18,30H,12,23H2,1-4H3,(H,25,29)/t18?,22-/m1/s1. The van der Waals surface area contributed by atoms with Crippen LogP contribution in [0.25, 0.3) is 10.9 Å². The van der Waals surface area contributed by atoms with Crippen LogP contribution < -0.4 is 16.8 Å². The van der Waals surface area contributed by atoms with Crippen molar-refractivity contribution in [3.63, 3.8) is 0 Å². The summed E-state index contributed by atoms with van der Waals surface area (Å²) in [6, 6.07) is 4.64. The lowest BCUT2D eigenvalue weighted by Crippen LogP contribution is -2.59. The maximum absolute atomic E-state index is 13.0. The molecule has 1 unspecified atom stereocenters. The molecule has 0 fully saturated rings. The smallest absolute Gasteiger partial charge is 0.293 e. The Hall–Kier alpha value is -3.71. The fourth-order valence-electron chi connectivity index (χ4n) is 2.92. The maximum Gasteiger partial charge on any atom is 0.293 e. The Morgan fingerprint density at radius 2 is 2.03 bits per heavy atom. The van der Waals surface area contributed by atoms with Gasteiger partial charge >= 0.3 is 0 Å². The predicted molar refractivity (Wildman–Crippen MR) is 123 cm³/mol. The first-order valence-corrected chi connectivity index (χ1v) is 11.7. The van der Waals surface area contributed by atoms with E-state index in [1.165, 1.54) is 11.5 Å². The van der Waals surface area contributed by atoms with E-state index in [1.807, 2.05) is 0 Å². The number of carbonyl (C=O) groups excluding carboxylic acids is 2. The first-order valence-electron chi connectivity index (χ1n) is 9.79. The Morgan fingerprint density at radius 3 is 2.59 bits per heavy atom. The van der Waals surface area contributed by atoms with Gasteiger partial charge in [-0.2, -0.15) is 0 Å². The second-order valence-electron chi connectivity index (χ2n) is 8.20. The van der Waals surface area contributed by atoms with Crippen LogP contribution in [0.15, 0.2) is 29.3 Å². The van der Waals surface area contributed by atoms with E-state index in [2.05, 4.69) is 28.7 Å². The first-order chi connectivity index (χ1) is 15.7. The third-order valence-corrected chi connectivity index (χ3v) is 6.99. The number of hydrogen-bond donors (Lipinski definition) is 3. The van der Waals surface area contributed by atoms with Gasteiger partial charge in [-0.1, -0.05) is 11.8 Å². The molecule has 0 radical (unpaired) electrons. The fraction of sp³-hybridized carbons (Fsp3) is 0.364. The Morgan fingerprint density at radius 1 is 1.35 bits per heavy atom. The largest absolute Gasteiger partial charge is 0.460 e. The van der Waals surface area contributed by atoms with Crippen molar-refractivity contribution < 1.29 is 28.0 Å². The Bertz CT molecular complexity index is 1400. The number of hydroxylamine groups is 1. The van der Waals surface area contributed by atoms with Crippen LogP contribution in [-0.4, -0.2) is 58.2 Å². The quantitative estimate of drug-likeness (QED) is 0.198. The number of benzene rings is 1. The molecule has 34 heavy (non-hydrogen) atoms. The van der Waals surface area contributed by atoms with Crippen LogP contribution >= 0.6 is 0 Å². The van der Waals surface area contributed by atoms with Gasteiger partial charge in [0.15, 0.2) is 14.6 Å². The summed E-state index contributed by atoms with van der Waals surface area (Å²) in [5.41, 5.74) is 6.64. The van der Waals surface area contributed by atoms with Gasteiger partial charge in [-0.25, -0.2) is 18.9 Å². The van der Waals surface area contributed by atoms with Crippen LogP contribution in [0.4, 0.5) is 0 Å². The second kappa shape index (κ2) is 10.1. The number of rotatable bonds is 7. The van der Waals surface area contributed by atoms with Crippen molar-refractivity contribution in [3.05, 3.63) is 40.4 Å². The highest BCUT2D eigenvalue weighted by molar-refractivity contribution is 7.92. The number of nitrogens with zero attached hydrogens (tertiary/aromatic N) is 2. The van der Waals surface area contributed by atoms with Crippen LogP contribution in [0.3, 0.4) is 0 Å². The molecule has 2 atom stereocenters. The summed E-state index contributed by atoms with van der Waals surface area (Å²) in [6.07, 6.45) is 0.214. The summed E-state index contributed by atoms with van der Waals surface area (Å²) in [4.78, 5) is 40.4. The van der Waals surface area contributed by atoms with Gasteiger partial charge in [-0.05, 0) is 50.8 Å². The van der Waals surface area contributed by atoms with Crippen molar-refractivity contribution >= 4 is 33.1 Å². The van der Waals surface area contributed by atoms with Gasteiger partial charge in [0.1, 0.15) is 6.10 Å². The molecule has 0 aliphatic rings. The van der Waals surface area contributed by atoms with Crippen molar-refractivity contribution in [1.82, 2.24) is 15.0 Å². The number of aromatic nitrogens is 2. The molecule has 0 saturated heterocycles. The summed E-state index contributed by atoms with van der Waals surface area (Å²) in [6.45, 7) is 3.89. The van der Waals surface area contributed by atoms with Crippen molar-refractivity contribution in [2.75, 3.05) is 6.26 Å². The van der Waals surface area contributed by atoms with Crippen LogP contribution in [0, 0.1) is 23.7 Å². The van der Waals surface area contributed by atoms with E-state index in [-0.39, 0.29) is 11.9 Å². The highest BCUT2D eigenvalue weighted by atomic mass is 32.2. The summed E-state index contributed by atoms with van der Waals surface area (Å²) in [5, 5.41) is 9.22. The van der Waals surface area contributed by atoms with E-state index in [4.69, 9.17) is 15.7 Å². The molecule has 0 aliphatic heterocycles. The molecule has 1 amide bonds. The molecular formula is C22H24N4O7S. The normalized spacial score (nSPS) is 13.9. The minimum absolute atomic E-state index is 0.0438. The number of nitrogens with two attached hydrogens (primary N) is 1. The molecule has 2 aromatic rings. The van der Waals surface area contributed by atoms with Crippen molar-refractivity contribution in [2.24, 2.45) is 5.73 Å². The first kappa shape index (κ1) is 26.5. The van der Waals surface area contributed by atoms with E-state index in [1.54, 1.807) is 26.0 Å². The molecule has 1 heterocycles. The third kappa shape index (κ3) is 5.80. The van der Waals surface area contributed by atoms with E-state index in [0.717, 1.165) is 24.1 Å². The number of fused-ring (bicyclic) bond motifs is 1. The lowest BCUT2D eigenvalue weighted by molar-refractivity contribution is -0.143. The molecule has 11 nitrogen and oxygen atoms in total.